The molecule has 2 aromatic carbocycles. The molecule has 1 aliphatic heterocycles. The van der Waals surface area contributed by atoms with E-state index in [4.69, 9.17) is 16.3 Å². The number of rotatable bonds is 8. The van der Waals surface area contributed by atoms with E-state index < -0.39 is 5.92 Å². The number of anilines is 1. The van der Waals surface area contributed by atoms with E-state index in [1.807, 2.05) is 30.3 Å². The Kier molecular flexibility index (Phi) is 7.30. The predicted octanol–water partition coefficient (Wildman–Crippen LogP) is 3.48. The van der Waals surface area contributed by atoms with Crippen LogP contribution >= 0.6 is 11.6 Å². The molecule has 2 amide bonds. The first-order chi connectivity index (χ1) is 14.5. The Morgan fingerprint density at radius 3 is 2.77 bits per heavy atom. The summed E-state index contributed by atoms with van der Waals surface area (Å²) in [6.45, 7) is 0.699. The zero-order valence-electron chi connectivity index (χ0n) is 16.7. The van der Waals surface area contributed by atoms with Crippen LogP contribution in [0.3, 0.4) is 0 Å². The summed E-state index contributed by atoms with van der Waals surface area (Å²) < 4.78 is 5.32. The smallest absolute Gasteiger partial charge is 0.227 e. The molecule has 2 aromatic rings. The van der Waals surface area contributed by atoms with Crippen LogP contribution in [0.2, 0.25) is 5.02 Å². The first-order valence-corrected chi connectivity index (χ1v) is 10.1. The van der Waals surface area contributed by atoms with Gasteiger partial charge in [0.05, 0.1) is 24.4 Å². The highest BCUT2D eigenvalue weighted by Crippen LogP contribution is 2.35. The highest BCUT2D eigenvalue weighted by molar-refractivity contribution is 6.31. The van der Waals surface area contributed by atoms with Gasteiger partial charge in [-0.3, -0.25) is 9.59 Å². The van der Waals surface area contributed by atoms with E-state index in [9.17, 15) is 14.8 Å². The molecule has 0 bridgehead atoms. The molecule has 158 valence electrons. The van der Waals surface area contributed by atoms with Crippen LogP contribution in [0.4, 0.5) is 5.69 Å². The molecule has 1 fully saturated rings. The zero-order chi connectivity index (χ0) is 21.5. The molecule has 0 radical (unpaired) electrons. The summed E-state index contributed by atoms with van der Waals surface area (Å²) in [6, 6.07) is 14.4. The van der Waals surface area contributed by atoms with Crippen LogP contribution in [0.5, 0.6) is 5.75 Å². The van der Waals surface area contributed by atoms with E-state index in [-0.39, 0.29) is 24.8 Å². The van der Waals surface area contributed by atoms with Crippen LogP contribution in [-0.4, -0.2) is 42.9 Å². The number of hydrogen-bond donors (Lipinski definition) is 2. The van der Waals surface area contributed by atoms with Gasteiger partial charge in [-0.25, -0.2) is 0 Å². The van der Waals surface area contributed by atoms with Gasteiger partial charge in [-0.2, -0.15) is 0 Å². The largest absolute Gasteiger partial charge is 0.495 e. The maximum absolute atomic E-state index is 12.5. The van der Waals surface area contributed by atoms with Crippen molar-refractivity contribution in [2.24, 2.45) is 11.1 Å². The Bertz CT molecular complexity index is 933. The van der Waals surface area contributed by atoms with Crippen LogP contribution in [0, 0.1) is 5.92 Å². The minimum absolute atomic E-state index is 0.134. The number of carbonyl (C=O) groups is 2. The quantitative estimate of drug-likeness (QED) is 0.291. The summed E-state index contributed by atoms with van der Waals surface area (Å²) in [5.41, 5.74) is 1.98. The monoisotopic (exact) mass is 429 g/mol. The number of benzene rings is 2. The van der Waals surface area contributed by atoms with Crippen LogP contribution in [-0.2, 0) is 9.59 Å². The van der Waals surface area contributed by atoms with Crippen molar-refractivity contribution in [1.82, 2.24) is 5.32 Å². The SMILES string of the molecule is COc1ccc(Cl)cc1N1CC(C(=O)NCCC/C(=N/O)c2ccccc2)CC1=O. The number of nitrogens with one attached hydrogen (secondary N) is 1. The van der Waals surface area contributed by atoms with Gasteiger partial charge in [-0.1, -0.05) is 47.1 Å². The normalized spacial score (nSPS) is 16.6. The number of nitrogens with zero attached hydrogens (tertiary/aromatic N) is 2. The lowest BCUT2D eigenvalue weighted by Crippen LogP contribution is -2.33. The van der Waals surface area contributed by atoms with E-state index in [1.54, 1.807) is 23.1 Å². The second kappa shape index (κ2) is 10.1. The van der Waals surface area contributed by atoms with Crippen molar-refractivity contribution >= 4 is 34.8 Å². The fourth-order valence-electron chi connectivity index (χ4n) is 3.48. The molecule has 0 saturated carbocycles. The molecule has 2 N–H and O–H groups in total. The molecule has 0 spiro atoms. The number of ether oxygens (including phenoxy) is 1. The van der Waals surface area contributed by atoms with Crippen molar-refractivity contribution in [3.05, 3.63) is 59.1 Å². The molecule has 8 heteroatoms. The third kappa shape index (κ3) is 5.10. The van der Waals surface area contributed by atoms with Crippen molar-refractivity contribution in [3.63, 3.8) is 0 Å². The van der Waals surface area contributed by atoms with Crippen LogP contribution in [0.1, 0.15) is 24.8 Å². The summed E-state index contributed by atoms with van der Waals surface area (Å²) in [5.74, 6) is -0.227. The van der Waals surface area contributed by atoms with E-state index in [0.717, 1.165) is 5.56 Å². The fourth-order valence-corrected chi connectivity index (χ4v) is 3.65. The lowest BCUT2D eigenvalue weighted by Gasteiger charge is -2.19. The molecular formula is C22H24ClN3O4. The van der Waals surface area contributed by atoms with Crippen molar-refractivity contribution in [2.45, 2.75) is 19.3 Å². The third-order valence-electron chi connectivity index (χ3n) is 5.04. The molecule has 7 nitrogen and oxygen atoms in total. The van der Waals surface area contributed by atoms with Crippen molar-refractivity contribution < 1.29 is 19.5 Å². The molecule has 1 atom stereocenters. The van der Waals surface area contributed by atoms with Gasteiger partial charge >= 0.3 is 0 Å². The van der Waals surface area contributed by atoms with Gasteiger partial charge in [0.25, 0.3) is 0 Å². The fraction of sp³-hybridized carbons (Fsp3) is 0.318. The zero-order valence-corrected chi connectivity index (χ0v) is 17.4. The molecule has 1 aliphatic rings. The minimum atomic E-state index is -0.443. The van der Waals surface area contributed by atoms with E-state index in [0.29, 0.717) is 41.6 Å². The summed E-state index contributed by atoms with van der Waals surface area (Å²) >= 11 is 6.06. The molecular weight excluding hydrogens is 406 g/mol. The lowest BCUT2D eigenvalue weighted by atomic mass is 10.1. The topological polar surface area (TPSA) is 91.2 Å². The van der Waals surface area contributed by atoms with Crippen molar-refractivity contribution in [2.75, 3.05) is 25.1 Å². The Morgan fingerprint density at radius 2 is 2.07 bits per heavy atom. The molecule has 1 unspecified atom stereocenters. The summed E-state index contributed by atoms with van der Waals surface area (Å²) in [4.78, 5) is 26.6. The van der Waals surface area contributed by atoms with Gasteiger partial charge < -0.3 is 20.2 Å². The van der Waals surface area contributed by atoms with E-state index in [1.165, 1.54) is 7.11 Å². The predicted molar refractivity (Wildman–Crippen MR) is 115 cm³/mol. The Morgan fingerprint density at radius 1 is 1.30 bits per heavy atom. The number of halogens is 1. The highest BCUT2D eigenvalue weighted by Gasteiger charge is 2.36. The average molecular weight is 430 g/mol. The molecule has 1 heterocycles. The van der Waals surface area contributed by atoms with Crippen molar-refractivity contribution in [3.8, 4) is 5.75 Å². The number of methoxy groups -OCH3 is 1. The minimum Gasteiger partial charge on any atom is -0.495 e. The molecule has 0 aliphatic carbocycles. The second-order valence-electron chi connectivity index (χ2n) is 7.03. The van der Waals surface area contributed by atoms with Gasteiger partial charge in [-0.15, -0.1) is 0 Å². The van der Waals surface area contributed by atoms with Gasteiger partial charge in [0.15, 0.2) is 0 Å². The molecule has 0 aromatic heterocycles. The van der Waals surface area contributed by atoms with Gasteiger partial charge in [0.1, 0.15) is 5.75 Å². The first-order valence-electron chi connectivity index (χ1n) is 9.71. The maximum atomic E-state index is 12.5. The highest BCUT2D eigenvalue weighted by atomic mass is 35.5. The molecule has 3 rings (SSSR count). The van der Waals surface area contributed by atoms with Gasteiger partial charge in [0.2, 0.25) is 11.8 Å². The van der Waals surface area contributed by atoms with Crippen molar-refractivity contribution in [1.29, 1.82) is 0 Å². The van der Waals surface area contributed by atoms with Crippen LogP contribution < -0.4 is 15.0 Å². The third-order valence-corrected chi connectivity index (χ3v) is 5.28. The van der Waals surface area contributed by atoms with Gasteiger partial charge in [-0.05, 0) is 36.6 Å². The van der Waals surface area contributed by atoms with Gasteiger partial charge in [0, 0.05) is 24.5 Å². The molecule has 1 saturated heterocycles. The number of hydrogen-bond acceptors (Lipinski definition) is 5. The standard InChI is InChI=1S/C22H24ClN3O4/c1-30-20-10-9-17(23)13-19(20)26-14-16(12-21(26)27)22(28)24-11-5-8-18(25-29)15-6-3-2-4-7-15/h2-4,6-7,9-10,13,16,29H,5,8,11-12,14H2,1H3,(H,24,28)/b25-18-. The summed E-state index contributed by atoms with van der Waals surface area (Å²) in [7, 11) is 1.52. The van der Waals surface area contributed by atoms with Crippen LogP contribution in [0.25, 0.3) is 0 Å². The average Bonchev–Trinajstić information content (AvgIpc) is 3.16. The number of carbonyl (C=O) groups excluding carboxylic acids is 2. The summed E-state index contributed by atoms with van der Waals surface area (Å²) in [6.07, 6.45) is 1.28. The second-order valence-corrected chi connectivity index (χ2v) is 7.47. The summed E-state index contributed by atoms with van der Waals surface area (Å²) in [5, 5.41) is 16.0. The Balaban J connectivity index is 1.52. The van der Waals surface area contributed by atoms with Crippen LogP contribution in [0.15, 0.2) is 53.7 Å². The Labute approximate surface area is 180 Å². The Hall–Kier alpha value is -3.06. The van der Waals surface area contributed by atoms with E-state index in [2.05, 4.69) is 10.5 Å². The number of oxime groups is 1. The first kappa shape index (κ1) is 21.6. The maximum Gasteiger partial charge on any atom is 0.227 e. The number of amides is 2. The molecule has 30 heavy (non-hydrogen) atoms. The lowest BCUT2D eigenvalue weighted by molar-refractivity contribution is -0.126. The van der Waals surface area contributed by atoms with E-state index >= 15 is 0 Å².